The van der Waals surface area contributed by atoms with Gasteiger partial charge in [-0.05, 0) is 43.4 Å². The van der Waals surface area contributed by atoms with Crippen molar-refractivity contribution >= 4 is 11.8 Å². The number of carbonyl (C=O) groups is 2. The standard InChI is InChI=1S/C21H27N3O4/c25-20(15-5-6-18-19(12-15)28-13-27-18)23-7-9-24(10-8-23)21(26)17-11-14-3-1-2-4-16(14)22-17/h5-6,12,14,16-17,22H,1-4,7-11,13H2. The summed E-state index contributed by atoms with van der Waals surface area (Å²) in [4.78, 5) is 29.5. The summed E-state index contributed by atoms with van der Waals surface area (Å²) in [7, 11) is 0. The minimum atomic E-state index is -0.0378. The topological polar surface area (TPSA) is 71.1 Å². The van der Waals surface area contributed by atoms with Crippen LogP contribution in [0.1, 0.15) is 42.5 Å². The van der Waals surface area contributed by atoms with Crippen LogP contribution in [0.4, 0.5) is 0 Å². The van der Waals surface area contributed by atoms with E-state index in [1.165, 1.54) is 25.7 Å². The van der Waals surface area contributed by atoms with E-state index in [4.69, 9.17) is 9.47 Å². The molecule has 2 amide bonds. The van der Waals surface area contributed by atoms with E-state index in [1.807, 2.05) is 9.80 Å². The molecule has 3 atom stereocenters. The maximum absolute atomic E-state index is 12.9. The number of carbonyl (C=O) groups excluding carboxylic acids is 2. The van der Waals surface area contributed by atoms with Crippen molar-refractivity contribution in [3.63, 3.8) is 0 Å². The Bertz CT molecular complexity index is 761. The van der Waals surface area contributed by atoms with Crippen molar-refractivity contribution in [2.24, 2.45) is 5.92 Å². The molecule has 7 nitrogen and oxygen atoms in total. The van der Waals surface area contributed by atoms with Crippen molar-refractivity contribution in [3.8, 4) is 11.5 Å². The molecule has 28 heavy (non-hydrogen) atoms. The smallest absolute Gasteiger partial charge is 0.254 e. The summed E-state index contributed by atoms with van der Waals surface area (Å²) < 4.78 is 10.7. The molecule has 2 saturated heterocycles. The zero-order chi connectivity index (χ0) is 19.1. The quantitative estimate of drug-likeness (QED) is 0.838. The van der Waals surface area contributed by atoms with Crippen molar-refractivity contribution < 1.29 is 19.1 Å². The highest BCUT2D eigenvalue weighted by atomic mass is 16.7. The molecule has 1 aliphatic carbocycles. The SMILES string of the molecule is O=C(c1ccc2c(c1)OCO2)N1CCN(C(=O)C2CC3CCCCC3N2)CC1. The van der Waals surface area contributed by atoms with E-state index in [-0.39, 0.29) is 24.6 Å². The fraction of sp³-hybridized carbons (Fsp3) is 0.619. The Morgan fingerprint density at radius 1 is 0.964 bits per heavy atom. The van der Waals surface area contributed by atoms with Gasteiger partial charge >= 0.3 is 0 Å². The second-order valence-electron chi connectivity index (χ2n) is 8.29. The van der Waals surface area contributed by atoms with Gasteiger partial charge in [0.1, 0.15) is 0 Å². The van der Waals surface area contributed by atoms with Crippen LogP contribution in [0.25, 0.3) is 0 Å². The van der Waals surface area contributed by atoms with Crippen molar-refractivity contribution in [3.05, 3.63) is 23.8 Å². The van der Waals surface area contributed by atoms with Crippen LogP contribution in [0, 0.1) is 5.92 Å². The Kier molecular flexibility index (Phi) is 4.62. The zero-order valence-electron chi connectivity index (χ0n) is 16.1. The van der Waals surface area contributed by atoms with Gasteiger partial charge in [0.05, 0.1) is 6.04 Å². The van der Waals surface area contributed by atoms with E-state index in [1.54, 1.807) is 18.2 Å². The fourth-order valence-corrected chi connectivity index (χ4v) is 5.07. The lowest BCUT2D eigenvalue weighted by molar-refractivity contribution is -0.134. The molecular formula is C21H27N3O4. The molecule has 4 aliphatic rings. The third-order valence-corrected chi connectivity index (χ3v) is 6.66. The Morgan fingerprint density at radius 3 is 2.54 bits per heavy atom. The third kappa shape index (κ3) is 3.21. The molecule has 0 spiro atoms. The number of hydrogen-bond acceptors (Lipinski definition) is 5. The van der Waals surface area contributed by atoms with Crippen molar-refractivity contribution in [2.45, 2.75) is 44.2 Å². The number of benzene rings is 1. The third-order valence-electron chi connectivity index (χ3n) is 6.66. The van der Waals surface area contributed by atoms with Gasteiger partial charge in [-0.25, -0.2) is 0 Å². The second kappa shape index (κ2) is 7.28. The second-order valence-corrected chi connectivity index (χ2v) is 8.29. The molecule has 150 valence electrons. The van der Waals surface area contributed by atoms with Gasteiger partial charge in [0.2, 0.25) is 12.7 Å². The molecule has 0 aromatic heterocycles. The van der Waals surface area contributed by atoms with Crippen LogP contribution < -0.4 is 14.8 Å². The largest absolute Gasteiger partial charge is 0.454 e. The first-order valence-electron chi connectivity index (χ1n) is 10.4. The van der Waals surface area contributed by atoms with E-state index in [9.17, 15) is 9.59 Å². The number of fused-ring (bicyclic) bond motifs is 2. The Balaban J connectivity index is 1.17. The lowest BCUT2D eigenvalue weighted by atomic mass is 9.85. The van der Waals surface area contributed by atoms with Crippen LogP contribution in [-0.2, 0) is 4.79 Å². The van der Waals surface area contributed by atoms with Crippen LogP contribution in [0.3, 0.4) is 0 Å². The molecule has 3 aliphatic heterocycles. The molecule has 1 N–H and O–H groups in total. The molecule has 3 fully saturated rings. The molecule has 3 heterocycles. The first-order valence-corrected chi connectivity index (χ1v) is 10.4. The predicted octanol–water partition coefficient (Wildman–Crippen LogP) is 1.62. The van der Waals surface area contributed by atoms with Crippen molar-refractivity contribution in [1.82, 2.24) is 15.1 Å². The minimum Gasteiger partial charge on any atom is -0.454 e. The number of rotatable bonds is 2. The first-order chi connectivity index (χ1) is 13.7. The van der Waals surface area contributed by atoms with Crippen LogP contribution >= 0.6 is 0 Å². The molecule has 1 saturated carbocycles. The predicted molar refractivity (Wildman–Crippen MR) is 102 cm³/mol. The van der Waals surface area contributed by atoms with Gasteiger partial charge in [0.15, 0.2) is 11.5 Å². The van der Waals surface area contributed by atoms with Gasteiger partial charge in [0, 0.05) is 37.8 Å². The normalized spacial score (nSPS) is 28.9. The van der Waals surface area contributed by atoms with E-state index < -0.39 is 0 Å². The molecule has 1 aromatic carbocycles. The summed E-state index contributed by atoms with van der Waals surface area (Å²) in [5.41, 5.74) is 0.602. The lowest BCUT2D eigenvalue weighted by Gasteiger charge is -2.36. The van der Waals surface area contributed by atoms with Crippen LogP contribution in [-0.4, -0.2) is 66.7 Å². The number of ether oxygens (including phenoxy) is 2. The number of nitrogens with one attached hydrogen (secondary N) is 1. The maximum atomic E-state index is 12.9. The highest BCUT2D eigenvalue weighted by Crippen LogP contribution is 2.34. The van der Waals surface area contributed by atoms with Gasteiger partial charge in [-0.1, -0.05) is 12.8 Å². The van der Waals surface area contributed by atoms with Crippen molar-refractivity contribution in [2.75, 3.05) is 33.0 Å². The van der Waals surface area contributed by atoms with E-state index >= 15 is 0 Å². The molecule has 3 unspecified atom stereocenters. The fourth-order valence-electron chi connectivity index (χ4n) is 5.07. The summed E-state index contributed by atoms with van der Waals surface area (Å²) in [5.74, 6) is 2.15. The number of piperazine rings is 1. The van der Waals surface area contributed by atoms with Gasteiger partial charge in [-0.15, -0.1) is 0 Å². The first kappa shape index (κ1) is 17.8. The van der Waals surface area contributed by atoms with Crippen LogP contribution in [0.2, 0.25) is 0 Å². The van der Waals surface area contributed by atoms with E-state index in [0.29, 0.717) is 55.2 Å². The van der Waals surface area contributed by atoms with Gasteiger partial charge in [0.25, 0.3) is 5.91 Å². The highest BCUT2D eigenvalue weighted by Gasteiger charge is 2.40. The monoisotopic (exact) mass is 385 g/mol. The van der Waals surface area contributed by atoms with Crippen LogP contribution in [0.15, 0.2) is 18.2 Å². The van der Waals surface area contributed by atoms with E-state index in [2.05, 4.69) is 5.32 Å². The molecule has 0 bridgehead atoms. The Hall–Kier alpha value is -2.28. The van der Waals surface area contributed by atoms with Gasteiger partial charge in [-0.2, -0.15) is 0 Å². The average molecular weight is 385 g/mol. The van der Waals surface area contributed by atoms with Gasteiger partial charge in [-0.3, -0.25) is 9.59 Å². The molecule has 7 heteroatoms. The van der Waals surface area contributed by atoms with Crippen molar-refractivity contribution in [1.29, 1.82) is 0 Å². The summed E-state index contributed by atoms with van der Waals surface area (Å²) in [6, 6.07) is 5.78. The molecule has 5 rings (SSSR count). The highest BCUT2D eigenvalue weighted by molar-refractivity contribution is 5.95. The maximum Gasteiger partial charge on any atom is 0.254 e. The lowest BCUT2D eigenvalue weighted by Crippen LogP contribution is -2.54. The summed E-state index contributed by atoms with van der Waals surface area (Å²) in [6.07, 6.45) is 5.99. The summed E-state index contributed by atoms with van der Waals surface area (Å²) >= 11 is 0. The van der Waals surface area contributed by atoms with E-state index in [0.717, 1.165) is 6.42 Å². The van der Waals surface area contributed by atoms with Gasteiger partial charge < -0.3 is 24.6 Å². The average Bonchev–Trinajstić information content (AvgIpc) is 3.39. The number of amides is 2. The Labute approximate surface area is 165 Å². The molecule has 0 radical (unpaired) electrons. The number of hydrogen-bond donors (Lipinski definition) is 1. The van der Waals surface area contributed by atoms with Crippen LogP contribution in [0.5, 0.6) is 11.5 Å². The molecular weight excluding hydrogens is 358 g/mol. The Morgan fingerprint density at radius 2 is 1.71 bits per heavy atom. The molecule has 1 aromatic rings. The number of nitrogens with zero attached hydrogens (tertiary/aromatic N) is 2. The zero-order valence-corrected chi connectivity index (χ0v) is 16.1. The minimum absolute atomic E-state index is 0.0181. The summed E-state index contributed by atoms with van der Waals surface area (Å²) in [5, 5.41) is 3.58. The summed E-state index contributed by atoms with van der Waals surface area (Å²) in [6.45, 7) is 2.53.